The van der Waals surface area contributed by atoms with E-state index < -0.39 is 0 Å². The van der Waals surface area contributed by atoms with Gasteiger partial charge in [0.25, 0.3) is 0 Å². The lowest BCUT2D eigenvalue weighted by atomic mass is 9.92. The van der Waals surface area contributed by atoms with Gasteiger partial charge >= 0.3 is 0 Å². The van der Waals surface area contributed by atoms with Gasteiger partial charge in [0.1, 0.15) is 0 Å². The van der Waals surface area contributed by atoms with Crippen molar-refractivity contribution in [2.75, 3.05) is 0 Å². The van der Waals surface area contributed by atoms with Gasteiger partial charge in [-0.2, -0.15) is 5.26 Å². The molecule has 0 spiro atoms. The zero-order valence-electron chi connectivity index (χ0n) is 62.3. The maximum atomic E-state index is 11.0. The van der Waals surface area contributed by atoms with E-state index in [1.165, 1.54) is 16.3 Å². The average molecular weight is 1480 g/mol. The molecule has 12 heteroatoms. The molecular weight excluding hydrogens is 1420 g/mol. The van der Waals surface area contributed by atoms with Crippen molar-refractivity contribution >= 4 is 92.9 Å². The number of aromatic nitrogens is 10. The van der Waals surface area contributed by atoms with Crippen molar-refractivity contribution in [1.29, 1.82) is 5.26 Å². The van der Waals surface area contributed by atoms with Crippen LogP contribution in [-0.4, -0.2) is 48.2 Å². The van der Waals surface area contributed by atoms with Crippen LogP contribution in [0.25, 0.3) is 205 Å². The molecule has 0 aliphatic rings. The minimum atomic E-state index is 0.503. The summed E-state index contributed by atoms with van der Waals surface area (Å²) in [7, 11) is 0. The fraction of sp³-hybridized carbons (Fsp3) is 0. The van der Waals surface area contributed by atoms with Gasteiger partial charge in [-0.15, -0.1) is 0 Å². The Kier molecular flexibility index (Phi) is 16.7. The van der Waals surface area contributed by atoms with Crippen LogP contribution >= 0.6 is 0 Å². The van der Waals surface area contributed by atoms with Crippen LogP contribution in [0, 0.1) is 17.9 Å². The molecule has 0 saturated carbocycles. The predicted molar refractivity (Wildman–Crippen MR) is 471 cm³/mol. The third-order valence-corrected chi connectivity index (χ3v) is 22.0. The van der Waals surface area contributed by atoms with Crippen LogP contribution in [0.4, 0.5) is 5.69 Å². The van der Waals surface area contributed by atoms with E-state index in [-0.39, 0.29) is 0 Å². The lowest BCUT2D eigenvalue weighted by Crippen LogP contribution is -2.01. The molecule has 12 nitrogen and oxygen atoms in total. The minimum Gasteiger partial charge on any atom is -0.309 e. The van der Waals surface area contributed by atoms with E-state index in [9.17, 15) is 5.26 Å². The molecule has 0 amide bonds. The largest absolute Gasteiger partial charge is 0.309 e. The number of nitriles is 1. The molecule has 0 aliphatic heterocycles. The highest BCUT2D eigenvalue weighted by Gasteiger charge is 2.28. The van der Waals surface area contributed by atoms with E-state index in [1.807, 2.05) is 158 Å². The number of nitrogens with zero attached hydrogens (tertiary/aromatic N) is 12. The van der Waals surface area contributed by atoms with Gasteiger partial charge in [0, 0.05) is 105 Å². The molecule has 0 N–H and O–H groups in total. The Balaban J connectivity index is 0.000000145. The zero-order chi connectivity index (χ0) is 77.2. The summed E-state index contributed by atoms with van der Waals surface area (Å²) in [5.74, 6) is 3.32. The predicted octanol–water partition coefficient (Wildman–Crippen LogP) is 25.9. The van der Waals surface area contributed by atoms with Crippen molar-refractivity contribution in [2.24, 2.45) is 0 Å². The Morgan fingerprint density at radius 3 is 1.04 bits per heavy atom. The first-order chi connectivity index (χ1) is 57.5. The molecule has 0 unspecified atom stereocenters. The van der Waals surface area contributed by atoms with Gasteiger partial charge in [0.2, 0.25) is 0 Å². The molecule has 0 radical (unpaired) electrons. The van der Waals surface area contributed by atoms with Gasteiger partial charge in [-0.25, -0.2) is 34.7 Å². The fourth-order valence-corrected chi connectivity index (χ4v) is 16.8. The fourth-order valence-electron chi connectivity index (χ4n) is 16.8. The van der Waals surface area contributed by atoms with Crippen LogP contribution in [0.1, 0.15) is 5.56 Å². The first-order valence-electron chi connectivity index (χ1n) is 38.5. The second-order valence-electron chi connectivity index (χ2n) is 28.7. The van der Waals surface area contributed by atoms with Crippen LogP contribution in [0.3, 0.4) is 0 Å². The second kappa shape index (κ2) is 28.5. The van der Waals surface area contributed by atoms with E-state index in [0.29, 0.717) is 46.2 Å². The first-order valence-corrected chi connectivity index (χ1v) is 38.5. The van der Waals surface area contributed by atoms with Gasteiger partial charge in [0.15, 0.2) is 40.6 Å². The van der Waals surface area contributed by atoms with Crippen LogP contribution in [-0.2, 0) is 0 Å². The Morgan fingerprint density at radius 1 is 0.233 bits per heavy atom. The third-order valence-electron chi connectivity index (χ3n) is 22.0. The molecule has 6 heterocycles. The molecule has 540 valence electrons. The summed E-state index contributed by atoms with van der Waals surface area (Å²) in [4.78, 5) is 33.7. The molecule has 22 rings (SSSR count). The third kappa shape index (κ3) is 11.6. The van der Waals surface area contributed by atoms with Crippen LogP contribution in [0.2, 0.25) is 0 Å². The highest BCUT2D eigenvalue weighted by atomic mass is 15.1. The van der Waals surface area contributed by atoms with Gasteiger partial charge < -0.3 is 18.3 Å². The van der Waals surface area contributed by atoms with Crippen LogP contribution in [0.15, 0.2) is 388 Å². The molecule has 0 aliphatic carbocycles. The smallest absolute Gasteiger partial charge is 0.195 e. The molecule has 0 fully saturated rings. The van der Waals surface area contributed by atoms with Crippen LogP contribution in [0.5, 0.6) is 0 Å². The SMILES string of the molecule is N#Cc1cc(-c2nc(-c3ccccc3)nc(-c3ccccc3)n2)ccc1-c1cc2c3ccccc3n(-c3ccccc3)c2c2c1c1ccccc1n2-c1ccccc1.[C-]#[N+]c1cc(-c2nc(-c3ccccc3)nc(-c3ccccc3)n2)ccc1-c1cccc2c3cc4c(cc3n(-c3ccccc3)c12)c1ccccc1n4-c1ccccc1. The number of hydrogen-bond acceptors (Lipinski definition) is 7. The number of para-hydroxylation sites is 8. The molecular formula is C104H64N12. The summed E-state index contributed by atoms with van der Waals surface area (Å²) in [6.07, 6.45) is 0. The van der Waals surface area contributed by atoms with Gasteiger partial charge in [-0.3, -0.25) is 0 Å². The van der Waals surface area contributed by atoms with Gasteiger partial charge in [-0.1, -0.05) is 291 Å². The van der Waals surface area contributed by atoms with Gasteiger partial charge in [0.05, 0.1) is 62.3 Å². The Labute approximate surface area is 666 Å². The zero-order valence-corrected chi connectivity index (χ0v) is 62.3. The van der Waals surface area contributed by atoms with Crippen LogP contribution < -0.4 is 0 Å². The van der Waals surface area contributed by atoms with Crippen molar-refractivity contribution in [3.05, 3.63) is 405 Å². The molecule has 0 atom stereocenters. The maximum Gasteiger partial charge on any atom is 0.195 e. The summed E-state index contributed by atoms with van der Waals surface area (Å²) in [6.45, 7) is 8.50. The number of rotatable bonds is 12. The summed E-state index contributed by atoms with van der Waals surface area (Å²) in [5.41, 5.74) is 22.9. The Hall–Kier alpha value is -16.3. The average Bonchev–Trinajstić information content (AvgIpc) is 1.54. The number of benzene rings is 16. The lowest BCUT2D eigenvalue weighted by Gasteiger charge is -2.15. The summed E-state index contributed by atoms with van der Waals surface area (Å²) in [5, 5.41) is 20.1. The highest BCUT2D eigenvalue weighted by Crippen LogP contribution is 2.49. The summed E-state index contributed by atoms with van der Waals surface area (Å²) in [6, 6.07) is 136. The molecule has 116 heavy (non-hydrogen) atoms. The normalized spacial score (nSPS) is 11.4. The van der Waals surface area contributed by atoms with Crippen molar-refractivity contribution in [3.63, 3.8) is 0 Å². The number of fused-ring (bicyclic) bond motifs is 13. The molecule has 22 aromatic rings. The molecule has 16 aromatic carbocycles. The minimum absolute atomic E-state index is 0.503. The molecule has 6 aromatic heterocycles. The van der Waals surface area contributed by atoms with E-state index >= 15 is 0 Å². The van der Waals surface area contributed by atoms with Crippen molar-refractivity contribution in [3.8, 4) is 119 Å². The Morgan fingerprint density at radius 2 is 0.578 bits per heavy atom. The monoisotopic (exact) mass is 1480 g/mol. The quantitative estimate of drug-likeness (QED) is 0.112. The van der Waals surface area contributed by atoms with E-state index in [2.05, 4.69) is 260 Å². The highest BCUT2D eigenvalue weighted by molar-refractivity contribution is 6.29. The van der Waals surface area contributed by atoms with Gasteiger partial charge in [-0.05, 0) is 114 Å². The number of hydrogen-bond donors (Lipinski definition) is 0. The molecule has 0 bridgehead atoms. The second-order valence-corrected chi connectivity index (χ2v) is 28.7. The maximum absolute atomic E-state index is 11.0. The summed E-state index contributed by atoms with van der Waals surface area (Å²) >= 11 is 0. The summed E-state index contributed by atoms with van der Waals surface area (Å²) < 4.78 is 9.50. The lowest BCUT2D eigenvalue weighted by molar-refractivity contribution is 1.07. The van der Waals surface area contributed by atoms with Crippen molar-refractivity contribution in [2.45, 2.75) is 0 Å². The molecule has 0 saturated heterocycles. The van der Waals surface area contributed by atoms with E-state index in [0.717, 1.165) is 149 Å². The topological polar surface area (TPSA) is 125 Å². The van der Waals surface area contributed by atoms with E-state index in [1.54, 1.807) is 0 Å². The standard InChI is InChI=1S/2C52H32N6/c1-53-45-31-36(52-55-50(34-17-6-2-7-18-34)54-51(56-52)35-19-8-3-9-20-35)29-30-39(45)41-26-16-27-42-44-33-47-43(32-48(44)58(49(41)42)38-23-12-5-13-24-38)40-25-14-15-28-46(40)57(47)37-21-10-4-11-22-37;53-33-37-31-36(52-55-50(34-17-5-1-6-18-34)54-51(56-52)35-19-7-2-8-20-35)29-30-40(37)43-32-44-41-25-13-15-27-45(41)57(38-21-9-3-10-22-38)48(44)49-47(43)42-26-14-16-28-46(42)58(49)39-23-11-4-12-24-39/h2-33H;1-32H. The Bertz CT molecular complexity index is 7560. The van der Waals surface area contributed by atoms with Crippen molar-refractivity contribution < 1.29 is 0 Å². The van der Waals surface area contributed by atoms with E-state index in [4.69, 9.17) is 36.5 Å². The first kappa shape index (κ1) is 67.8. The van der Waals surface area contributed by atoms with Crippen molar-refractivity contribution in [1.82, 2.24) is 48.2 Å².